The van der Waals surface area contributed by atoms with Crippen LogP contribution in [-0.4, -0.2) is 41.9 Å². The van der Waals surface area contributed by atoms with Crippen LogP contribution in [0.15, 0.2) is 24.3 Å². The molecule has 0 aliphatic heterocycles. The van der Waals surface area contributed by atoms with Crippen molar-refractivity contribution >= 4 is 16.0 Å². The van der Waals surface area contributed by atoms with Crippen LogP contribution in [0.3, 0.4) is 0 Å². The van der Waals surface area contributed by atoms with E-state index in [9.17, 15) is 22.9 Å². The van der Waals surface area contributed by atoms with E-state index in [-0.39, 0.29) is 5.91 Å². The van der Waals surface area contributed by atoms with Crippen molar-refractivity contribution in [3.05, 3.63) is 24.3 Å². The molecule has 0 aliphatic rings. The van der Waals surface area contributed by atoms with Gasteiger partial charge in [-0.15, -0.1) is 0 Å². The third-order valence-electron chi connectivity index (χ3n) is 9.38. The fraction of sp³-hybridized carbons (Fsp3) is 0.878. The topological polar surface area (TPSA) is 104 Å². The Balaban J connectivity index is 3.95. The van der Waals surface area contributed by atoms with E-state index in [1.165, 1.54) is 160 Å². The quantitative estimate of drug-likeness (QED) is 0.0340. The SMILES string of the molecule is CCCCCCCCCCCCC/C=C/CC/C=C/C(O)C(CS(=O)(=O)O)NC(=O)CCCCCCCCCCCCCCCCCC. The lowest BCUT2D eigenvalue weighted by Crippen LogP contribution is -2.46. The van der Waals surface area contributed by atoms with Gasteiger partial charge in [0.05, 0.1) is 17.9 Å². The number of hydrogen-bond donors (Lipinski definition) is 3. The normalized spacial score (nSPS) is 13.5. The predicted molar refractivity (Wildman–Crippen MR) is 207 cm³/mol. The summed E-state index contributed by atoms with van der Waals surface area (Å²) in [6.07, 6.45) is 44.5. The summed E-state index contributed by atoms with van der Waals surface area (Å²) >= 11 is 0. The van der Waals surface area contributed by atoms with Crippen molar-refractivity contribution in [3.63, 3.8) is 0 Å². The summed E-state index contributed by atoms with van der Waals surface area (Å²) < 4.78 is 32.4. The van der Waals surface area contributed by atoms with E-state index in [1.54, 1.807) is 0 Å². The average Bonchev–Trinajstić information content (AvgIpc) is 3.05. The molecule has 1 amide bonds. The minimum Gasteiger partial charge on any atom is -0.387 e. The monoisotopic (exact) mass is 698 g/mol. The van der Waals surface area contributed by atoms with Gasteiger partial charge in [0, 0.05) is 6.42 Å². The zero-order valence-corrected chi connectivity index (χ0v) is 32.4. The van der Waals surface area contributed by atoms with Crippen LogP contribution in [-0.2, 0) is 14.9 Å². The van der Waals surface area contributed by atoms with E-state index in [4.69, 9.17) is 0 Å². The number of nitrogens with one attached hydrogen (secondary N) is 1. The number of allylic oxidation sites excluding steroid dienone is 3. The minimum absolute atomic E-state index is 0.285. The predicted octanol–water partition coefficient (Wildman–Crippen LogP) is 12.0. The molecule has 0 aromatic rings. The van der Waals surface area contributed by atoms with Crippen molar-refractivity contribution in [2.75, 3.05) is 5.75 Å². The third-order valence-corrected chi connectivity index (χ3v) is 10.2. The molecular formula is C41H79NO5S. The number of hydrogen-bond acceptors (Lipinski definition) is 4. The summed E-state index contributed by atoms with van der Waals surface area (Å²) in [5.74, 6) is -0.992. The molecule has 0 rings (SSSR count). The maximum Gasteiger partial charge on any atom is 0.267 e. The lowest BCUT2D eigenvalue weighted by atomic mass is 10.0. The van der Waals surface area contributed by atoms with Crippen molar-refractivity contribution in [1.82, 2.24) is 5.32 Å². The Bertz CT molecular complexity index is 857. The summed E-state index contributed by atoms with van der Waals surface area (Å²) in [7, 11) is -4.35. The van der Waals surface area contributed by atoms with E-state index in [2.05, 4.69) is 31.3 Å². The van der Waals surface area contributed by atoms with Gasteiger partial charge in [-0.3, -0.25) is 9.35 Å². The van der Waals surface area contributed by atoms with Crippen LogP contribution >= 0.6 is 0 Å². The number of aliphatic hydroxyl groups is 1. The Morgan fingerprint density at radius 2 is 0.896 bits per heavy atom. The van der Waals surface area contributed by atoms with Crippen molar-refractivity contribution < 1.29 is 22.9 Å². The molecule has 0 radical (unpaired) electrons. The molecule has 3 N–H and O–H groups in total. The summed E-state index contributed by atoms with van der Waals surface area (Å²) in [6, 6.07) is -1.07. The maximum absolute atomic E-state index is 12.5. The van der Waals surface area contributed by atoms with E-state index in [0.717, 1.165) is 38.5 Å². The number of carbonyl (C=O) groups is 1. The Labute approximate surface area is 298 Å². The van der Waals surface area contributed by atoms with Crippen LogP contribution in [0.5, 0.6) is 0 Å². The van der Waals surface area contributed by atoms with Gasteiger partial charge < -0.3 is 10.4 Å². The summed E-state index contributed by atoms with van der Waals surface area (Å²) in [5.41, 5.74) is 0. The molecule has 2 atom stereocenters. The van der Waals surface area contributed by atoms with Gasteiger partial charge in [0.25, 0.3) is 10.1 Å². The van der Waals surface area contributed by atoms with Crippen LogP contribution in [0.4, 0.5) is 0 Å². The second kappa shape index (κ2) is 35.6. The van der Waals surface area contributed by atoms with Crippen LogP contribution in [0.1, 0.15) is 213 Å². The van der Waals surface area contributed by atoms with Crippen LogP contribution in [0, 0.1) is 0 Å². The fourth-order valence-electron chi connectivity index (χ4n) is 6.29. The molecule has 0 heterocycles. The van der Waals surface area contributed by atoms with Crippen molar-refractivity contribution in [2.45, 2.75) is 225 Å². The van der Waals surface area contributed by atoms with E-state index >= 15 is 0 Å². The molecule has 0 bridgehead atoms. The van der Waals surface area contributed by atoms with Gasteiger partial charge in [-0.05, 0) is 32.1 Å². The molecule has 48 heavy (non-hydrogen) atoms. The Kier molecular flexibility index (Phi) is 34.8. The van der Waals surface area contributed by atoms with Crippen LogP contribution in [0.25, 0.3) is 0 Å². The highest BCUT2D eigenvalue weighted by molar-refractivity contribution is 7.85. The lowest BCUT2D eigenvalue weighted by Gasteiger charge is -2.21. The van der Waals surface area contributed by atoms with Gasteiger partial charge in [0.1, 0.15) is 0 Å². The number of rotatable bonds is 37. The number of carbonyl (C=O) groups excluding carboxylic acids is 1. The fourth-order valence-corrected chi connectivity index (χ4v) is 7.02. The van der Waals surface area contributed by atoms with Gasteiger partial charge in [-0.25, -0.2) is 0 Å². The first kappa shape index (κ1) is 46.8. The standard InChI is InChI=1S/C41H79NO5S/c1-3-5-7-9-11-13-15-17-19-21-22-24-26-28-30-32-34-36-40(43)39(38-48(45,46)47)42-41(44)37-35-33-31-29-27-25-23-20-18-16-14-12-10-8-6-4-2/h26,28,34,36,39-40,43H,3-25,27,29-33,35,37-38H2,1-2H3,(H,42,44)(H,45,46,47)/b28-26+,36-34+. The first-order chi connectivity index (χ1) is 23.3. The largest absolute Gasteiger partial charge is 0.387 e. The molecular weight excluding hydrogens is 619 g/mol. The molecule has 0 aromatic carbocycles. The maximum atomic E-state index is 12.5. The molecule has 284 valence electrons. The van der Waals surface area contributed by atoms with E-state index < -0.39 is 28.0 Å². The third kappa shape index (κ3) is 36.1. The van der Waals surface area contributed by atoms with E-state index in [1.807, 2.05) is 6.08 Å². The van der Waals surface area contributed by atoms with Gasteiger partial charge in [0.2, 0.25) is 5.91 Å². The molecule has 0 saturated heterocycles. The Morgan fingerprint density at radius 1 is 0.542 bits per heavy atom. The number of aliphatic hydroxyl groups excluding tert-OH is 1. The molecule has 0 fully saturated rings. The molecule has 0 aromatic heterocycles. The first-order valence-electron chi connectivity index (χ1n) is 20.5. The molecule has 0 saturated carbocycles. The van der Waals surface area contributed by atoms with Crippen molar-refractivity contribution in [2.24, 2.45) is 0 Å². The van der Waals surface area contributed by atoms with E-state index in [0.29, 0.717) is 6.42 Å². The zero-order chi connectivity index (χ0) is 35.4. The Hall–Kier alpha value is -1.18. The van der Waals surface area contributed by atoms with Crippen molar-refractivity contribution in [1.29, 1.82) is 0 Å². The summed E-state index contributed by atoms with van der Waals surface area (Å²) in [6.45, 7) is 4.53. The smallest absolute Gasteiger partial charge is 0.267 e. The van der Waals surface area contributed by atoms with Gasteiger partial charge in [-0.1, -0.05) is 199 Å². The first-order valence-corrected chi connectivity index (χ1v) is 22.1. The highest BCUT2D eigenvalue weighted by Crippen LogP contribution is 2.15. The lowest BCUT2D eigenvalue weighted by molar-refractivity contribution is -0.122. The number of amides is 1. The van der Waals surface area contributed by atoms with Gasteiger partial charge in [-0.2, -0.15) is 8.42 Å². The molecule has 0 spiro atoms. The van der Waals surface area contributed by atoms with Crippen LogP contribution in [0.2, 0.25) is 0 Å². The second-order valence-electron chi connectivity index (χ2n) is 14.3. The molecule has 2 unspecified atom stereocenters. The highest BCUT2D eigenvalue weighted by Gasteiger charge is 2.24. The van der Waals surface area contributed by atoms with Crippen LogP contribution < -0.4 is 5.32 Å². The van der Waals surface area contributed by atoms with Gasteiger partial charge >= 0.3 is 0 Å². The molecule has 6 nitrogen and oxygen atoms in total. The second-order valence-corrected chi connectivity index (χ2v) is 15.8. The molecule has 0 aliphatic carbocycles. The Morgan fingerprint density at radius 3 is 1.31 bits per heavy atom. The highest BCUT2D eigenvalue weighted by atomic mass is 32.2. The zero-order valence-electron chi connectivity index (χ0n) is 31.6. The van der Waals surface area contributed by atoms with Crippen molar-refractivity contribution in [3.8, 4) is 0 Å². The van der Waals surface area contributed by atoms with Gasteiger partial charge in [0.15, 0.2) is 0 Å². The summed E-state index contributed by atoms with van der Waals surface area (Å²) in [4.78, 5) is 12.5. The number of unbranched alkanes of at least 4 members (excludes halogenated alkanes) is 27. The average molecular weight is 698 g/mol. The molecule has 7 heteroatoms. The summed E-state index contributed by atoms with van der Waals surface area (Å²) in [5, 5.41) is 13.2. The minimum atomic E-state index is -4.35.